The fourth-order valence-electron chi connectivity index (χ4n) is 2.57. The number of hydrogen-bond donors (Lipinski definition) is 0. The third kappa shape index (κ3) is 8.98. The van der Waals surface area contributed by atoms with Gasteiger partial charge in [-0.25, -0.2) is 18.6 Å². The number of amidine groups is 1. The van der Waals surface area contributed by atoms with Gasteiger partial charge in [0, 0.05) is 38.8 Å². The average Bonchev–Trinajstić information content (AvgIpc) is 2.65. The molecule has 1 aliphatic rings. The molecule has 0 aliphatic carbocycles. The van der Waals surface area contributed by atoms with Gasteiger partial charge in [0.05, 0.1) is 0 Å². The van der Waals surface area contributed by atoms with Crippen molar-refractivity contribution in [1.29, 1.82) is 0 Å². The first-order chi connectivity index (χ1) is 14.1. The summed E-state index contributed by atoms with van der Waals surface area (Å²) >= 11 is 0. The van der Waals surface area contributed by atoms with Crippen LogP contribution in [0.15, 0.2) is 70.7 Å². The Hall–Kier alpha value is -3.03. The van der Waals surface area contributed by atoms with Gasteiger partial charge in [-0.2, -0.15) is 0 Å². The number of hydrogen-bond acceptors (Lipinski definition) is 3. The molecule has 0 unspecified atom stereocenters. The molecular weight excluding hydrogens is 390 g/mol. The highest BCUT2D eigenvalue weighted by Gasteiger charge is 2.27. The van der Waals surface area contributed by atoms with Gasteiger partial charge in [-0.3, -0.25) is 4.99 Å². The minimum Gasteiger partial charge on any atom is -0.444 e. The van der Waals surface area contributed by atoms with E-state index in [0.29, 0.717) is 37.6 Å². The molecule has 1 aliphatic heterocycles. The molecule has 30 heavy (non-hydrogen) atoms. The second-order valence-corrected chi connectivity index (χ2v) is 7.45. The molecule has 0 bridgehead atoms. The van der Waals surface area contributed by atoms with Gasteiger partial charge in [0.1, 0.15) is 29.4 Å². The smallest absolute Gasteiger partial charge is 0.410 e. The lowest BCUT2D eigenvalue weighted by Gasteiger charge is -2.37. The van der Waals surface area contributed by atoms with Crippen LogP contribution in [0.3, 0.4) is 0 Å². The van der Waals surface area contributed by atoms with E-state index in [9.17, 15) is 13.6 Å². The number of allylic oxidation sites excluding steroid dienone is 6. The fraction of sp³-hybridized carbons (Fsp3) is 0.409. The number of nitrogens with zero attached hydrogens (tertiary/aromatic N) is 4. The first-order valence-electron chi connectivity index (χ1n) is 9.51. The largest absolute Gasteiger partial charge is 0.444 e. The van der Waals surface area contributed by atoms with Crippen molar-refractivity contribution in [2.24, 2.45) is 9.98 Å². The first kappa shape index (κ1) is 25.0. The predicted molar refractivity (Wildman–Crippen MR) is 118 cm³/mol. The highest BCUT2D eigenvalue weighted by molar-refractivity contribution is 6.04. The highest BCUT2D eigenvalue weighted by Crippen LogP contribution is 2.16. The van der Waals surface area contributed by atoms with E-state index in [2.05, 4.69) is 23.1 Å². The van der Waals surface area contributed by atoms with E-state index in [1.54, 1.807) is 11.9 Å². The molecule has 0 radical (unpaired) electrons. The topological polar surface area (TPSA) is 57.5 Å². The van der Waals surface area contributed by atoms with Crippen LogP contribution in [0.5, 0.6) is 0 Å². The zero-order valence-electron chi connectivity index (χ0n) is 18.1. The van der Waals surface area contributed by atoms with Gasteiger partial charge >= 0.3 is 6.09 Å². The molecule has 6 nitrogen and oxygen atoms in total. The summed E-state index contributed by atoms with van der Waals surface area (Å²) in [4.78, 5) is 23.9. The van der Waals surface area contributed by atoms with E-state index < -0.39 is 17.3 Å². The summed E-state index contributed by atoms with van der Waals surface area (Å²) in [6, 6.07) is 0. The number of carbonyl (C=O) groups excluding carboxylic acids is 1. The Bertz CT molecular complexity index is 781. The Morgan fingerprint density at radius 3 is 2.20 bits per heavy atom. The molecule has 164 valence electrons. The van der Waals surface area contributed by atoms with Gasteiger partial charge in [-0.1, -0.05) is 19.2 Å². The van der Waals surface area contributed by atoms with Crippen LogP contribution in [0.4, 0.5) is 13.6 Å². The first-order valence-corrected chi connectivity index (χ1v) is 9.51. The van der Waals surface area contributed by atoms with Crippen LogP contribution < -0.4 is 0 Å². The summed E-state index contributed by atoms with van der Waals surface area (Å²) in [5, 5.41) is 0. The summed E-state index contributed by atoms with van der Waals surface area (Å²) < 4.78 is 32.8. The minimum absolute atomic E-state index is 0.320. The highest BCUT2D eigenvalue weighted by atomic mass is 19.1. The van der Waals surface area contributed by atoms with E-state index in [1.807, 2.05) is 25.7 Å². The normalized spacial score (nSPS) is 17.1. The van der Waals surface area contributed by atoms with Crippen LogP contribution >= 0.6 is 0 Å². The van der Waals surface area contributed by atoms with Crippen molar-refractivity contribution < 1.29 is 18.3 Å². The lowest BCUT2D eigenvalue weighted by atomic mass is 10.1. The molecule has 1 fully saturated rings. The minimum atomic E-state index is -0.698. The van der Waals surface area contributed by atoms with Crippen LogP contribution in [0, 0.1) is 0 Å². The zero-order valence-corrected chi connectivity index (χ0v) is 18.1. The van der Waals surface area contributed by atoms with Gasteiger partial charge in [-0.15, -0.1) is 0 Å². The standard InChI is InChI=1S/C22H30F2N4O2/c1-7-8-19(24)10-9-18(15-17(2)23)20(26-16-25-6)27-11-13-28(14-12-27)21(29)30-22(3,4)5/h7-10,15-16H,1-2,11-14H2,3-6H3/b10-9-,18-15+,19-8+,25-16?,26-20?. The maximum absolute atomic E-state index is 13.8. The predicted octanol–water partition coefficient (Wildman–Crippen LogP) is 4.60. The molecular formula is C22H30F2N4O2. The monoisotopic (exact) mass is 420 g/mol. The van der Waals surface area contributed by atoms with Crippen molar-refractivity contribution in [2.75, 3.05) is 33.2 Å². The maximum Gasteiger partial charge on any atom is 0.410 e. The van der Waals surface area contributed by atoms with Gasteiger partial charge < -0.3 is 14.5 Å². The number of amides is 1. The number of rotatable bonds is 6. The molecule has 1 rings (SSSR count). The Morgan fingerprint density at radius 1 is 1.10 bits per heavy atom. The van der Waals surface area contributed by atoms with Crippen LogP contribution in [0.2, 0.25) is 0 Å². The second kappa shape index (κ2) is 11.8. The summed E-state index contributed by atoms with van der Waals surface area (Å²) in [5.41, 5.74) is -0.260. The molecule has 0 atom stereocenters. The molecule has 1 heterocycles. The quantitative estimate of drug-likeness (QED) is 0.358. The Balaban J connectivity index is 3.08. The van der Waals surface area contributed by atoms with Crippen molar-refractivity contribution in [1.82, 2.24) is 9.80 Å². The van der Waals surface area contributed by atoms with Crippen LogP contribution in [0.1, 0.15) is 20.8 Å². The fourth-order valence-corrected chi connectivity index (χ4v) is 2.57. The number of carbonyl (C=O) groups is 1. The van der Waals surface area contributed by atoms with Crippen molar-refractivity contribution >= 4 is 18.3 Å². The SMILES string of the molecule is C=C\C=C(F)/C=C\C(=C/C(=C)F)C(=NC=NC)N1CCN(C(=O)OC(C)(C)C)CC1. The number of aliphatic imine (C=N–C) groups is 2. The lowest BCUT2D eigenvalue weighted by molar-refractivity contribution is 0.0187. The van der Waals surface area contributed by atoms with Gasteiger partial charge in [0.15, 0.2) is 0 Å². The molecule has 0 aromatic carbocycles. The van der Waals surface area contributed by atoms with E-state index in [4.69, 9.17) is 4.74 Å². The molecule has 1 saturated heterocycles. The summed E-state index contributed by atoms with van der Waals surface area (Å²) in [6.45, 7) is 13.8. The molecule has 0 spiro atoms. The Kier molecular flexibility index (Phi) is 9.88. The second-order valence-electron chi connectivity index (χ2n) is 7.45. The number of halogens is 2. The summed E-state index contributed by atoms with van der Waals surface area (Å²) in [7, 11) is 1.56. The molecule has 0 saturated carbocycles. The van der Waals surface area contributed by atoms with Crippen molar-refractivity contribution in [2.45, 2.75) is 26.4 Å². The molecule has 0 aromatic rings. The van der Waals surface area contributed by atoms with Crippen LogP contribution in [-0.2, 0) is 4.74 Å². The van der Waals surface area contributed by atoms with Gasteiger partial charge in [0.2, 0.25) is 0 Å². The lowest BCUT2D eigenvalue weighted by Crippen LogP contribution is -2.52. The third-order valence-corrected chi connectivity index (χ3v) is 3.80. The Morgan fingerprint density at radius 2 is 1.70 bits per heavy atom. The molecule has 0 N–H and O–H groups in total. The van der Waals surface area contributed by atoms with Crippen molar-refractivity contribution in [3.05, 3.63) is 60.8 Å². The Labute approximate surface area is 177 Å². The van der Waals surface area contributed by atoms with E-state index >= 15 is 0 Å². The van der Waals surface area contributed by atoms with Gasteiger partial charge in [0.25, 0.3) is 0 Å². The van der Waals surface area contributed by atoms with E-state index in [0.717, 1.165) is 0 Å². The van der Waals surface area contributed by atoms with Crippen LogP contribution in [-0.4, -0.2) is 66.9 Å². The van der Waals surface area contributed by atoms with E-state index in [1.165, 1.54) is 36.7 Å². The summed E-state index contributed by atoms with van der Waals surface area (Å²) in [6.07, 6.45) is 7.19. The maximum atomic E-state index is 13.8. The van der Waals surface area contributed by atoms with Crippen LogP contribution in [0.25, 0.3) is 0 Å². The van der Waals surface area contributed by atoms with Crippen molar-refractivity contribution in [3.8, 4) is 0 Å². The average molecular weight is 421 g/mol. The van der Waals surface area contributed by atoms with Gasteiger partial charge in [-0.05, 0) is 45.1 Å². The third-order valence-electron chi connectivity index (χ3n) is 3.80. The number of ether oxygens (including phenoxy) is 1. The van der Waals surface area contributed by atoms with Crippen molar-refractivity contribution in [3.63, 3.8) is 0 Å². The zero-order chi connectivity index (χ0) is 22.7. The molecule has 8 heteroatoms. The molecule has 0 aromatic heterocycles. The summed E-state index contributed by atoms with van der Waals surface area (Å²) in [5.74, 6) is -0.846. The number of piperazine rings is 1. The van der Waals surface area contributed by atoms with E-state index in [-0.39, 0.29) is 6.09 Å². The molecule has 1 amide bonds.